The highest BCUT2D eigenvalue weighted by Gasteiger charge is 2.22. The van der Waals surface area contributed by atoms with Crippen LogP contribution in [0, 0.1) is 11.7 Å². The molecule has 0 aliphatic carbocycles. The fourth-order valence-electron chi connectivity index (χ4n) is 2.01. The Kier molecular flexibility index (Phi) is 5.31. The van der Waals surface area contributed by atoms with Crippen LogP contribution in [0.15, 0.2) is 24.3 Å². The van der Waals surface area contributed by atoms with Gasteiger partial charge in [0.15, 0.2) is 6.61 Å². The standard InChI is InChI=1S/C14H18FNO4/c15-12-2-1-3-13(6-12)20-10-14(18)16-4-5-19-9-11(7-16)8-17/h1-3,6,11,17H,4-5,7-10H2. The molecule has 0 radical (unpaired) electrons. The van der Waals surface area contributed by atoms with Crippen molar-refractivity contribution in [3.63, 3.8) is 0 Å². The lowest BCUT2D eigenvalue weighted by Gasteiger charge is -2.22. The van der Waals surface area contributed by atoms with E-state index >= 15 is 0 Å². The van der Waals surface area contributed by atoms with E-state index in [4.69, 9.17) is 14.6 Å². The van der Waals surface area contributed by atoms with Gasteiger partial charge < -0.3 is 19.5 Å². The van der Waals surface area contributed by atoms with Gasteiger partial charge in [0, 0.05) is 31.7 Å². The first-order chi connectivity index (χ1) is 9.69. The molecular weight excluding hydrogens is 265 g/mol. The number of carbonyl (C=O) groups is 1. The van der Waals surface area contributed by atoms with E-state index in [-0.39, 0.29) is 25.0 Å². The van der Waals surface area contributed by atoms with Gasteiger partial charge in [-0.2, -0.15) is 0 Å². The minimum absolute atomic E-state index is 0.0193. The Hall–Kier alpha value is -1.66. The fourth-order valence-corrected chi connectivity index (χ4v) is 2.01. The van der Waals surface area contributed by atoms with E-state index in [1.54, 1.807) is 11.0 Å². The van der Waals surface area contributed by atoms with Crippen molar-refractivity contribution in [3.05, 3.63) is 30.1 Å². The van der Waals surface area contributed by atoms with Crippen molar-refractivity contribution < 1.29 is 23.8 Å². The minimum Gasteiger partial charge on any atom is -0.484 e. The summed E-state index contributed by atoms with van der Waals surface area (Å²) in [5.74, 6) is -0.351. The van der Waals surface area contributed by atoms with Gasteiger partial charge in [0.2, 0.25) is 0 Å². The summed E-state index contributed by atoms with van der Waals surface area (Å²) < 4.78 is 23.6. The molecule has 1 aromatic rings. The number of aliphatic hydroxyl groups excluding tert-OH is 1. The number of benzene rings is 1. The van der Waals surface area contributed by atoms with Crippen LogP contribution in [0.3, 0.4) is 0 Å². The number of ether oxygens (including phenoxy) is 2. The first kappa shape index (κ1) is 14.7. The normalized spacial score (nSPS) is 19.5. The lowest BCUT2D eigenvalue weighted by molar-refractivity contribution is -0.133. The van der Waals surface area contributed by atoms with E-state index in [1.165, 1.54) is 18.2 Å². The maximum Gasteiger partial charge on any atom is 0.260 e. The molecule has 0 spiro atoms. The van der Waals surface area contributed by atoms with Crippen LogP contribution in [-0.4, -0.2) is 55.4 Å². The molecule has 1 saturated heterocycles. The third-order valence-electron chi connectivity index (χ3n) is 3.11. The summed E-state index contributed by atoms with van der Waals surface area (Å²) in [6, 6.07) is 5.66. The highest BCUT2D eigenvalue weighted by Crippen LogP contribution is 2.12. The zero-order chi connectivity index (χ0) is 14.4. The quantitative estimate of drug-likeness (QED) is 0.882. The number of carbonyl (C=O) groups excluding carboxylic acids is 1. The monoisotopic (exact) mass is 283 g/mol. The molecule has 6 heteroatoms. The predicted molar refractivity (Wildman–Crippen MR) is 69.9 cm³/mol. The van der Waals surface area contributed by atoms with Crippen LogP contribution in [0.25, 0.3) is 0 Å². The molecule has 0 aromatic heterocycles. The summed E-state index contributed by atoms with van der Waals surface area (Å²) in [4.78, 5) is 13.6. The third-order valence-corrected chi connectivity index (χ3v) is 3.11. The molecule has 5 nitrogen and oxygen atoms in total. The van der Waals surface area contributed by atoms with Gasteiger partial charge in [0.1, 0.15) is 11.6 Å². The zero-order valence-electron chi connectivity index (χ0n) is 11.1. The Bertz CT molecular complexity index is 455. The van der Waals surface area contributed by atoms with Crippen LogP contribution in [-0.2, 0) is 9.53 Å². The van der Waals surface area contributed by atoms with E-state index < -0.39 is 5.82 Å². The maximum absolute atomic E-state index is 13.0. The predicted octanol–water partition coefficient (Wildman–Crippen LogP) is 0.672. The van der Waals surface area contributed by atoms with Crippen LogP contribution in [0.4, 0.5) is 4.39 Å². The van der Waals surface area contributed by atoms with Crippen molar-refractivity contribution in [1.82, 2.24) is 4.90 Å². The number of nitrogens with zero attached hydrogens (tertiary/aromatic N) is 1. The number of hydrogen-bond donors (Lipinski definition) is 1. The molecule has 1 N–H and O–H groups in total. The molecule has 1 fully saturated rings. The van der Waals surface area contributed by atoms with Gasteiger partial charge in [-0.15, -0.1) is 0 Å². The third kappa shape index (κ3) is 4.18. The smallest absolute Gasteiger partial charge is 0.260 e. The van der Waals surface area contributed by atoms with Crippen LogP contribution in [0.5, 0.6) is 5.75 Å². The lowest BCUT2D eigenvalue weighted by Crippen LogP contribution is -2.39. The van der Waals surface area contributed by atoms with Gasteiger partial charge in [-0.05, 0) is 12.1 Å². The van der Waals surface area contributed by atoms with Crippen LogP contribution < -0.4 is 4.74 Å². The first-order valence-electron chi connectivity index (χ1n) is 6.54. The summed E-state index contributed by atoms with van der Waals surface area (Å²) in [5.41, 5.74) is 0. The highest BCUT2D eigenvalue weighted by molar-refractivity contribution is 5.77. The Balaban J connectivity index is 1.87. The molecule has 1 aliphatic heterocycles. The number of hydrogen-bond acceptors (Lipinski definition) is 4. The van der Waals surface area contributed by atoms with E-state index in [0.717, 1.165) is 0 Å². The number of halogens is 1. The minimum atomic E-state index is -0.404. The summed E-state index contributed by atoms with van der Waals surface area (Å²) >= 11 is 0. The van der Waals surface area contributed by atoms with Crippen LogP contribution >= 0.6 is 0 Å². The maximum atomic E-state index is 13.0. The molecular formula is C14H18FNO4. The SMILES string of the molecule is O=C(COc1cccc(F)c1)N1CCOCC(CO)C1. The molecule has 1 amide bonds. The molecule has 20 heavy (non-hydrogen) atoms. The number of aliphatic hydroxyl groups is 1. The van der Waals surface area contributed by atoms with Crippen molar-refractivity contribution in [1.29, 1.82) is 0 Å². The Morgan fingerprint density at radius 3 is 3.15 bits per heavy atom. The molecule has 1 atom stereocenters. The van der Waals surface area contributed by atoms with Crippen molar-refractivity contribution in [3.8, 4) is 5.75 Å². The fraction of sp³-hybridized carbons (Fsp3) is 0.500. The molecule has 110 valence electrons. The second kappa shape index (κ2) is 7.21. The average Bonchev–Trinajstić information content (AvgIpc) is 2.70. The summed E-state index contributed by atoms with van der Waals surface area (Å²) in [5, 5.41) is 9.16. The van der Waals surface area contributed by atoms with Crippen LogP contribution in [0.1, 0.15) is 0 Å². The van der Waals surface area contributed by atoms with E-state index in [0.29, 0.717) is 32.1 Å². The van der Waals surface area contributed by atoms with Crippen LogP contribution in [0.2, 0.25) is 0 Å². The van der Waals surface area contributed by atoms with Crippen molar-refractivity contribution in [2.75, 3.05) is 39.5 Å². The molecule has 1 unspecified atom stereocenters. The van der Waals surface area contributed by atoms with Gasteiger partial charge in [-0.1, -0.05) is 6.07 Å². The molecule has 1 heterocycles. The second-order valence-electron chi connectivity index (χ2n) is 4.71. The average molecular weight is 283 g/mol. The van der Waals surface area contributed by atoms with E-state index in [1.807, 2.05) is 0 Å². The second-order valence-corrected chi connectivity index (χ2v) is 4.71. The Morgan fingerprint density at radius 2 is 2.40 bits per heavy atom. The van der Waals surface area contributed by atoms with Crippen molar-refractivity contribution in [2.24, 2.45) is 5.92 Å². The summed E-state index contributed by atoms with van der Waals surface area (Å²) in [6.07, 6.45) is 0. The zero-order valence-corrected chi connectivity index (χ0v) is 11.1. The van der Waals surface area contributed by atoms with E-state index in [2.05, 4.69) is 0 Å². The number of amides is 1. The van der Waals surface area contributed by atoms with Gasteiger partial charge in [0.05, 0.1) is 13.2 Å². The molecule has 0 bridgehead atoms. The largest absolute Gasteiger partial charge is 0.484 e. The van der Waals surface area contributed by atoms with Gasteiger partial charge in [0.25, 0.3) is 5.91 Å². The van der Waals surface area contributed by atoms with E-state index in [9.17, 15) is 9.18 Å². The number of rotatable bonds is 4. The van der Waals surface area contributed by atoms with Gasteiger partial charge in [-0.3, -0.25) is 4.79 Å². The molecule has 1 aliphatic rings. The van der Waals surface area contributed by atoms with Crippen molar-refractivity contribution >= 4 is 5.91 Å². The Labute approximate surface area is 116 Å². The summed E-state index contributed by atoms with van der Waals surface area (Å²) in [6.45, 7) is 1.65. The molecule has 1 aromatic carbocycles. The first-order valence-corrected chi connectivity index (χ1v) is 6.54. The van der Waals surface area contributed by atoms with Crippen molar-refractivity contribution in [2.45, 2.75) is 0 Å². The topological polar surface area (TPSA) is 59.0 Å². The lowest BCUT2D eigenvalue weighted by atomic mass is 10.1. The van der Waals surface area contributed by atoms with Gasteiger partial charge >= 0.3 is 0 Å². The molecule has 2 rings (SSSR count). The highest BCUT2D eigenvalue weighted by atomic mass is 19.1. The van der Waals surface area contributed by atoms with Gasteiger partial charge in [-0.25, -0.2) is 4.39 Å². The molecule has 0 saturated carbocycles. The summed E-state index contributed by atoms with van der Waals surface area (Å²) in [7, 11) is 0. The Morgan fingerprint density at radius 1 is 1.55 bits per heavy atom.